The van der Waals surface area contributed by atoms with Crippen LogP contribution in [0.5, 0.6) is 0 Å². The zero-order valence-electron chi connectivity index (χ0n) is 14.1. The van der Waals surface area contributed by atoms with Gasteiger partial charge in [0, 0.05) is 0 Å². The average Bonchev–Trinajstić information content (AvgIpc) is 2.46. The summed E-state index contributed by atoms with van der Waals surface area (Å²) < 4.78 is 13.9. The average molecular weight is 381 g/mol. The summed E-state index contributed by atoms with van der Waals surface area (Å²) >= 11 is -2.00. The van der Waals surface area contributed by atoms with E-state index in [2.05, 4.69) is 67.6 Å². The first-order valence-electron chi connectivity index (χ1n) is 7.41. The Hall–Kier alpha value is 0.00364. The van der Waals surface area contributed by atoms with Crippen molar-refractivity contribution in [1.29, 1.82) is 0 Å². The number of hydrogen-bond acceptors (Lipinski definition) is 2. The fraction of sp³-hybridized carbons (Fsp3) is 0.625. The Morgan fingerprint density at radius 1 is 0.950 bits per heavy atom. The monoisotopic (exact) mass is 382 g/mol. The molecule has 0 amide bonds. The molecule has 2 nitrogen and oxygen atoms in total. The molecule has 0 bridgehead atoms. The second-order valence-electron chi connectivity index (χ2n) is 7.91. The molecule has 1 aromatic carbocycles. The Labute approximate surface area is 128 Å². The summed E-state index contributed by atoms with van der Waals surface area (Å²) in [6.45, 7) is 10.6. The van der Waals surface area contributed by atoms with Gasteiger partial charge >= 0.3 is 128 Å². The van der Waals surface area contributed by atoms with Crippen molar-refractivity contribution in [3.8, 4) is 0 Å². The maximum absolute atomic E-state index is 6.15. The van der Waals surface area contributed by atoms with Gasteiger partial charge in [0.05, 0.1) is 0 Å². The minimum atomic E-state index is -2.00. The molecule has 1 saturated heterocycles. The SMILES string of the molecule is Cc1c[c]([Sn]([CH3])([CH3])[CH3])ccc1B1OC(C)(C)C(C)(C)O1. The van der Waals surface area contributed by atoms with E-state index in [1.165, 1.54) is 11.0 Å². The van der Waals surface area contributed by atoms with Crippen LogP contribution in [0.2, 0.25) is 14.8 Å². The molecular weight excluding hydrogens is 354 g/mol. The van der Waals surface area contributed by atoms with Gasteiger partial charge in [0.15, 0.2) is 0 Å². The van der Waals surface area contributed by atoms with Gasteiger partial charge in [0.25, 0.3) is 0 Å². The Balaban J connectivity index is 2.33. The fourth-order valence-corrected chi connectivity index (χ4v) is 5.90. The van der Waals surface area contributed by atoms with Crippen LogP contribution in [0, 0.1) is 6.92 Å². The standard InChI is InChI=1S/C13H18BO2.3CH3.Sn/c1-10-8-6-7-9-11(10)14-15-12(2,3)13(4,5)16-14;;;;/h7-9H,1-5H3;3*1H3;. The Morgan fingerprint density at radius 2 is 1.45 bits per heavy atom. The van der Waals surface area contributed by atoms with Gasteiger partial charge in [0.1, 0.15) is 0 Å². The molecule has 0 N–H and O–H groups in total. The van der Waals surface area contributed by atoms with E-state index >= 15 is 0 Å². The molecule has 1 aliphatic heterocycles. The van der Waals surface area contributed by atoms with E-state index in [1.807, 2.05) is 0 Å². The van der Waals surface area contributed by atoms with E-state index in [0.717, 1.165) is 0 Å². The van der Waals surface area contributed by atoms with Crippen molar-refractivity contribution in [3.05, 3.63) is 23.8 Å². The molecule has 0 unspecified atom stereocenters. The third kappa shape index (κ3) is 2.95. The number of rotatable bonds is 2. The van der Waals surface area contributed by atoms with Crippen molar-refractivity contribution in [3.63, 3.8) is 0 Å². The molecule has 0 radical (unpaired) electrons. The summed E-state index contributed by atoms with van der Waals surface area (Å²) in [5, 5.41) is 0. The topological polar surface area (TPSA) is 18.5 Å². The third-order valence-corrected chi connectivity index (χ3v) is 10.5. The third-order valence-electron chi connectivity index (χ3n) is 4.64. The number of hydrogen-bond donors (Lipinski definition) is 0. The van der Waals surface area contributed by atoms with Crippen LogP contribution in [0.15, 0.2) is 18.2 Å². The van der Waals surface area contributed by atoms with Crippen LogP contribution in [-0.2, 0) is 9.31 Å². The van der Waals surface area contributed by atoms with Gasteiger partial charge < -0.3 is 0 Å². The van der Waals surface area contributed by atoms with Gasteiger partial charge in [-0.15, -0.1) is 0 Å². The first-order chi connectivity index (χ1) is 8.94. The predicted octanol–water partition coefficient (Wildman–Crippen LogP) is 2.84. The van der Waals surface area contributed by atoms with E-state index in [9.17, 15) is 0 Å². The van der Waals surface area contributed by atoms with Crippen LogP contribution in [0.1, 0.15) is 33.3 Å². The first-order valence-corrected chi connectivity index (χ1v) is 17.4. The van der Waals surface area contributed by atoms with Gasteiger partial charge in [-0.2, -0.15) is 0 Å². The molecule has 0 atom stereocenters. The van der Waals surface area contributed by atoms with Crippen LogP contribution >= 0.6 is 0 Å². The minimum absolute atomic E-state index is 0.246. The van der Waals surface area contributed by atoms with Gasteiger partial charge in [-0.3, -0.25) is 0 Å². The van der Waals surface area contributed by atoms with E-state index in [4.69, 9.17) is 9.31 Å². The number of aryl methyl sites for hydroxylation is 1. The zero-order chi connectivity index (χ0) is 15.3. The van der Waals surface area contributed by atoms with Crippen molar-refractivity contribution in [2.24, 2.45) is 0 Å². The van der Waals surface area contributed by atoms with Crippen LogP contribution in [0.4, 0.5) is 0 Å². The molecule has 20 heavy (non-hydrogen) atoms. The molecule has 110 valence electrons. The molecule has 0 saturated carbocycles. The molecule has 1 fully saturated rings. The van der Waals surface area contributed by atoms with Crippen LogP contribution in [-0.4, -0.2) is 36.7 Å². The molecule has 0 spiro atoms. The summed E-state index contributed by atoms with van der Waals surface area (Å²) in [6.07, 6.45) is 0. The van der Waals surface area contributed by atoms with E-state index in [1.54, 1.807) is 3.58 Å². The summed E-state index contributed by atoms with van der Waals surface area (Å²) in [5.41, 5.74) is 1.91. The van der Waals surface area contributed by atoms with Gasteiger partial charge in [0.2, 0.25) is 0 Å². The molecular formula is C16H27BO2Sn. The second kappa shape index (κ2) is 5.03. The zero-order valence-corrected chi connectivity index (χ0v) is 17.0. The molecule has 1 aliphatic rings. The van der Waals surface area contributed by atoms with Gasteiger partial charge in [-0.05, 0) is 0 Å². The fourth-order valence-electron chi connectivity index (χ4n) is 2.38. The Kier molecular flexibility index (Phi) is 4.12. The summed E-state index contributed by atoms with van der Waals surface area (Å²) in [6, 6.07) is 6.83. The Bertz CT molecular complexity index is 502. The van der Waals surface area contributed by atoms with Crippen LogP contribution in [0.25, 0.3) is 0 Å². The normalized spacial score (nSPS) is 21.3. The van der Waals surface area contributed by atoms with E-state index in [0.29, 0.717) is 0 Å². The molecule has 0 aliphatic carbocycles. The van der Waals surface area contributed by atoms with Crippen molar-refractivity contribution < 1.29 is 9.31 Å². The summed E-state index contributed by atoms with van der Waals surface area (Å²) in [4.78, 5) is 7.33. The first kappa shape index (κ1) is 16.4. The molecule has 1 heterocycles. The number of benzene rings is 1. The van der Waals surface area contributed by atoms with Crippen molar-refractivity contribution in [2.45, 2.75) is 60.6 Å². The van der Waals surface area contributed by atoms with E-state index < -0.39 is 18.4 Å². The predicted molar refractivity (Wildman–Crippen MR) is 89.9 cm³/mol. The molecule has 1 aromatic rings. The maximum atomic E-state index is 6.15. The van der Waals surface area contributed by atoms with Crippen LogP contribution in [0.3, 0.4) is 0 Å². The second-order valence-corrected chi connectivity index (χ2v) is 22.4. The van der Waals surface area contributed by atoms with E-state index in [-0.39, 0.29) is 18.3 Å². The Morgan fingerprint density at radius 3 is 1.85 bits per heavy atom. The molecule has 0 aromatic heterocycles. The molecule has 2 rings (SSSR count). The quantitative estimate of drug-likeness (QED) is 0.734. The van der Waals surface area contributed by atoms with Crippen molar-refractivity contribution >= 4 is 34.5 Å². The molecule has 4 heteroatoms. The summed E-state index contributed by atoms with van der Waals surface area (Å²) in [7, 11) is -0.246. The van der Waals surface area contributed by atoms with Crippen molar-refractivity contribution in [2.75, 3.05) is 0 Å². The van der Waals surface area contributed by atoms with Crippen molar-refractivity contribution in [1.82, 2.24) is 0 Å². The van der Waals surface area contributed by atoms with Gasteiger partial charge in [-0.1, -0.05) is 0 Å². The van der Waals surface area contributed by atoms with Gasteiger partial charge in [-0.25, -0.2) is 0 Å². The summed E-state index contributed by atoms with van der Waals surface area (Å²) in [5.74, 6) is 0. The van der Waals surface area contributed by atoms with Crippen LogP contribution < -0.4 is 9.04 Å².